The monoisotopic (exact) mass is 272 g/mol. The van der Waals surface area contributed by atoms with Crippen molar-refractivity contribution < 1.29 is 0 Å². The molecule has 0 aromatic heterocycles. The van der Waals surface area contributed by atoms with Crippen LogP contribution in [0.5, 0.6) is 0 Å². The highest BCUT2D eigenvalue weighted by Crippen LogP contribution is 2.29. The van der Waals surface area contributed by atoms with E-state index >= 15 is 0 Å². The molecule has 1 saturated carbocycles. The van der Waals surface area contributed by atoms with Gasteiger partial charge in [0.05, 0.1) is 0 Å². The molecule has 1 aliphatic heterocycles. The van der Waals surface area contributed by atoms with Gasteiger partial charge in [0.1, 0.15) is 0 Å². The van der Waals surface area contributed by atoms with Crippen molar-refractivity contribution in [3.8, 4) is 0 Å². The van der Waals surface area contributed by atoms with Crippen LogP contribution in [-0.4, -0.2) is 19.1 Å². The van der Waals surface area contributed by atoms with E-state index in [0.717, 1.165) is 12.5 Å². The zero-order chi connectivity index (χ0) is 13.8. The number of fused-ring (bicyclic) bond motifs is 1. The van der Waals surface area contributed by atoms with Gasteiger partial charge in [0.25, 0.3) is 0 Å². The maximum atomic E-state index is 3.71. The lowest BCUT2D eigenvalue weighted by molar-refractivity contribution is 0.353. The Kier molecular flexibility index (Phi) is 4.62. The summed E-state index contributed by atoms with van der Waals surface area (Å²) in [7, 11) is 0. The van der Waals surface area contributed by atoms with Crippen molar-refractivity contribution in [2.45, 2.75) is 58.0 Å². The lowest BCUT2D eigenvalue weighted by Crippen LogP contribution is -2.40. The molecule has 3 rings (SSSR count). The van der Waals surface area contributed by atoms with Crippen LogP contribution in [0.1, 0.15) is 51.0 Å². The van der Waals surface area contributed by atoms with E-state index in [1.807, 2.05) is 0 Å². The van der Waals surface area contributed by atoms with Gasteiger partial charge >= 0.3 is 0 Å². The summed E-state index contributed by atoms with van der Waals surface area (Å²) in [6.07, 6.45) is 8.42. The number of rotatable bonds is 3. The Balaban J connectivity index is 1.77. The highest BCUT2D eigenvalue weighted by molar-refractivity contribution is 5.54. The summed E-state index contributed by atoms with van der Waals surface area (Å²) in [6.45, 7) is 5.75. The van der Waals surface area contributed by atoms with E-state index in [1.165, 1.54) is 62.9 Å². The van der Waals surface area contributed by atoms with E-state index in [4.69, 9.17) is 0 Å². The Labute approximate surface area is 123 Å². The summed E-state index contributed by atoms with van der Waals surface area (Å²) in [5.41, 5.74) is 2.95. The van der Waals surface area contributed by atoms with E-state index in [2.05, 4.69) is 41.4 Å². The molecule has 20 heavy (non-hydrogen) atoms. The maximum Gasteiger partial charge on any atom is 0.0412 e. The standard InChI is InChI=1S/C18H28N2/c1-2-17-14-20(13-15-8-4-3-5-9-15)18-11-7-6-10-16(18)12-19-17/h6-7,10-11,15,17,19H,2-5,8-9,12-14H2,1H3. The highest BCUT2D eigenvalue weighted by atomic mass is 15.2. The minimum Gasteiger partial charge on any atom is -0.369 e. The molecule has 0 radical (unpaired) electrons. The van der Waals surface area contributed by atoms with Crippen LogP contribution >= 0.6 is 0 Å². The quantitative estimate of drug-likeness (QED) is 0.896. The van der Waals surface area contributed by atoms with Crippen LogP contribution in [0.3, 0.4) is 0 Å². The summed E-state index contributed by atoms with van der Waals surface area (Å²) >= 11 is 0. The molecule has 0 bridgehead atoms. The fourth-order valence-electron chi connectivity index (χ4n) is 3.78. The molecule has 0 spiro atoms. The van der Waals surface area contributed by atoms with Gasteiger partial charge in [0.15, 0.2) is 0 Å². The molecule has 1 N–H and O–H groups in total. The van der Waals surface area contributed by atoms with Gasteiger partial charge in [-0.15, -0.1) is 0 Å². The molecule has 2 aliphatic rings. The number of benzene rings is 1. The Bertz CT molecular complexity index is 423. The molecule has 1 aliphatic carbocycles. The van der Waals surface area contributed by atoms with E-state index in [0.29, 0.717) is 6.04 Å². The van der Waals surface area contributed by atoms with Gasteiger partial charge in [-0.05, 0) is 36.8 Å². The Morgan fingerprint density at radius 2 is 1.95 bits per heavy atom. The number of nitrogens with zero attached hydrogens (tertiary/aromatic N) is 1. The van der Waals surface area contributed by atoms with Gasteiger partial charge in [-0.1, -0.05) is 44.4 Å². The summed E-state index contributed by atoms with van der Waals surface area (Å²) < 4.78 is 0. The number of para-hydroxylation sites is 1. The average molecular weight is 272 g/mol. The molecule has 1 fully saturated rings. The topological polar surface area (TPSA) is 15.3 Å². The molecule has 0 saturated heterocycles. The molecule has 1 atom stereocenters. The predicted octanol–water partition coefficient (Wildman–Crippen LogP) is 3.96. The maximum absolute atomic E-state index is 3.71. The molecule has 2 nitrogen and oxygen atoms in total. The number of hydrogen-bond donors (Lipinski definition) is 1. The van der Waals surface area contributed by atoms with Gasteiger partial charge in [0, 0.05) is 31.4 Å². The number of anilines is 1. The largest absolute Gasteiger partial charge is 0.369 e. The van der Waals surface area contributed by atoms with Gasteiger partial charge in [0.2, 0.25) is 0 Å². The van der Waals surface area contributed by atoms with Gasteiger partial charge < -0.3 is 10.2 Å². The van der Waals surface area contributed by atoms with Gasteiger partial charge in [-0.3, -0.25) is 0 Å². The van der Waals surface area contributed by atoms with Crippen LogP contribution < -0.4 is 10.2 Å². The van der Waals surface area contributed by atoms with Crippen LogP contribution in [0, 0.1) is 5.92 Å². The second kappa shape index (κ2) is 6.62. The minimum atomic E-state index is 0.631. The molecule has 1 heterocycles. The van der Waals surface area contributed by atoms with Crippen molar-refractivity contribution in [2.75, 3.05) is 18.0 Å². The lowest BCUT2D eigenvalue weighted by atomic mass is 9.88. The number of nitrogens with one attached hydrogen (secondary N) is 1. The normalized spacial score (nSPS) is 24.2. The van der Waals surface area contributed by atoms with E-state index in [-0.39, 0.29) is 0 Å². The zero-order valence-electron chi connectivity index (χ0n) is 12.8. The van der Waals surface area contributed by atoms with E-state index < -0.39 is 0 Å². The minimum absolute atomic E-state index is 0.631. The average Bonchev–Trinajstić information content (AvgIpc) is 2.68. The molecular formula is C18H28N2. The molecule has 2 heteroatoms. The summed E-state index contributed by atoms with van der Waals surface area (Å²) in [4.78, 5) is 2.67. The molecule has 0 amide bonds. The Hall–Kier alpha value is -1.02. The third-order valence-corrected chi connectivity index (χ3v) is 5.05. The first-order valence-electron chi connectivity index (χ1n) is 8.43. The lowest BCUT2D eigenvalue weighted by Gasteiger charge is -2.33. The zero-order valence-corrected chi connectivity index (χ0v) is 12.8. The van der Waals surface area contributed by atoms with Crippen molar-refractivity contribution >= 4 is 5.69 Å². The van der Waals surface area contributed by atoms with Crippen molar-refractivity contribution in [3.05, 3.63) is 29.8 Å². The van der Waals surface area contributed by atoms with Crippen molar-refractivity contribution in [3.63, 3.8) is 0 Å². The first-order chi connectivity index (χ1) is 9.86. The fourth-order valence-corrected chi connectivity index (χ4v) is 3.78. The third-order valence-electron chi connectivity index (χ3n) is 5.05. The molecule has 1 aromatic rings. The molecule has 1 unspecified atom stereocenters. The van der Waals surface area contributed by atoms with Crippen molar-refractivity contribution in [2.24, 2.45) is 5.92 Å². The summed E-state index contributed by atoms with van der Waals surface area (Å²) in [5.74, 6) is 0.910. The second-order valence-corrected chi connectivity index (χ2v) is 6.52. The smallest absolute Gasteiger partial charge is 0.0412 e. The fraction of sp³-hybridized carbons (Fsp3) is 0.667. The van der Waals surface area contributed by atoms with Crippen LogP contribution in [0.25, 0.3) is 0 Å². The Morgan fingerprint density at radius 1 is 1.15 bits per heavy atom. The van der Waals surface area contributed by atoms with Gasteiger partial charge in [-0.2, -0.15) is 0 Å². The van der Waals surface area contributed by atoms with Crippen molar-refractivity contribution in [1.82, 2.24) is 5.32 Å². The van der Waals surface area contributed by atoms with Crippen LogP contribution in [0.2, 0.25) is 0 Å². The van der Waals surface area contributed by atoms with Crippen LogP contribution in [-0.2, 0) is 6.54 Å². The first kappa shape index (κ1) is 13.9. The van der Waals surface area contributed by atoms with Crippen molar-refractivity contribution in [1.29, 1.82) is 0 Å². The predicted molar refractivity (Wildman–Crippen MR) is 86.1 cm³/mol. The number of hydrogen-bond acceptors (Lipinski definition) is 2. The first-order valence-corrected chi connectivity index (χ1v) is 8.43. The van der Waals surface area contributed by atoms with E-state index in [9.17, 15) is 0 Å². The summed E-state index contributed by atoms with van der Waals surface area (Å²) in [6, 6.07) is 9.60. The third kappa shape index (κ3) is 3.17. The molecule has 110 valence electrons. The SMILES string of the molecule is CCC1CN(CC2CCCCC2)c2ccccc2CN1. The van der Waals surface area contributed by atoms with Crippen LogP contribution in [0.4, 0.5) is 5.69 Å². The van der Waals surface area contributed by atoms with Gasteiger partial charge in [-0.25, -0.2) is 0 Å². The Morgan fingerprint density at radius 3 is 2.75 bits per heavy atom. The molecular weight excluding hydrogens is 244 g/mol. The van der Waals surface area contributed by atoms with Crippen LogP contribution in [0.15, 0.2) is 24.3 Å². The summed E-state index contributed by atoms with van der Waals surface area (Å²) in [5, 5.41) is 3.71. The molecule has 1 aromatic carbocycles. The second-order valence-electron chi connectivity index (χ2n) is 6.52. The highest BCUT2D eigenvalue weighted by Gasteiger charge is 2.23. The van der Waals surface area contributed by atoms with E-state index in [1.54, 1.807) is 0 Å².